The van der Waals surface area contributed by atoms with Crippen molar-refractivity contribution in [1.29, 1.82) is 0 Å². The second kappa shape index (κ2) is 9.35. The van der Waals surface area contributed by atoms with Crippen molar-refractivity contribution >= 4 is 12.3 Å². The molecule has 0 aromatic heterocycles. The van der Waals surface area contributed by atoms with Crippen LogP contribution < -0.4 is 0 Å². The summed E-state index contributed by atoms with van der Waals surface area (Å²) in [5.41, 5.74) is -0.739. The quantitative estimate of drug-likeness (QED) is 0.240. The van der Waals surface area contributed by atoms with E-state index in [1.54, 1.807) is 13.0 Å². The highest BCUT2D eigenvalue weighted by Gasteiger charge is 2.68. The van der Waals surface area contributed by atoms with Crippen LogP contribution in [-0.4, -0.2) is 81.7 Å². The van der Waals surface area contributed by atoms with Crippen molar-refractivity contribution in [3.05, 3.63) is 11.6 Å². The third-order valence-corrected chi connectivity index (χ3v) is 11.9. The third kappa shape index (κ3) is 3.72. The monoisotopic (exact) mass is 534 g/mol. The number of carbonyl (C=O) groups is 2. The maximum absolute atomic E-state index is 12.9. The molecule has 0 aromatic carbocycles. The average Bonchev–Trinajstić information content (AvgIpc) is 3.45. The third-order valence-electron chi connectivity index (χ3n) is 11.9. The van der Waals surface area contributed by atoms with E-state index in [-0.39, 0.29) is 41.2 Å². The molecule has 9 heteroatoms. The van der Waals surface area contributed by atoms with E-state index in [9.17, 15) is 30.0 Å². The largest absolute Gasteiger partial charge is 0.458 e. The second-order valence-corrected chi connectivity index (χ2v) is 13.2. The Hall–Kier alpha value is -1.36. The highest BCUT2D eigenvalue weighted by Crippen LogP contribution is 2.69. The van der Waals surface area contributed by atoms with E-state index in [0.717, 1.165) is 37.7 Å². The Morgan fingerprint density at radius 3 is 2.50 bits per heavy atom. The minimum atomic E-state index is -1.34. The predicted molar refractivity (Wildman–Crippen MR) is 133 cm³/mol. The maximum atomic E-state index is 12.9. The molecule has 4 saturated carbocycles. The van der Waals surface area contributed by atoms with Crippen LogP contribution in [0.2, 0.25) is 0 Å². The Labute approximate surface area is 223 Å². The van der Waals surface area contributed by atoms with Crippen molar-refractivity contribution in [1.82, 2.24) is 0 Å². The molecule has 0 bridgehead atoms. The van der Waals surface area contributed by atoms with Crippen LogP contribution >= 0.6 is 0 Å². The first-order valence-corrected chi connectivity index (χ1v) is 14.4. The molecule has 9 nitrogen and oxygen atoms in total. The number of aliphatic hydroxyl groups is 4. The summed E-state index contributed by atoms with van der Waals surface area (Å²) in [6.07, 6.45) is 3.80. The van der Waals surface area contributed by atoms with E-state index in [4.69, 9.17) is 14.2 Å². The Balaban J connectivity index is 1.19. The molecular weight excluding hydrogens is 492 g/mol. The minimum absolute atomic E-state index is 0.0322. The summed E-state index contributed by atoms with van der Waals surface area (Å²) in [6, 6.07) is 0. The SMILES string of the molecule is C[C@@H]1O[C@@H](O[C@H]2CC[C@]3(C=O)[C@H](CC[C@@H]4[C@@H]3CC[C@]3(C)[C@@H](C5=CC(=O)OC5)CC[C@]43O)C2)[C@H](O)[C@H](O)[C@H]1O. The van der Waals surface area contributed by atoms with E-state index in [0.29, 0.717) is 32.3 Å². The van der Waals surface area contributed by atoms with Crippen LogP contribution in [0.5, 0.6) is 0 Å². The number of hydrogen-bond donors (Lipinski definition) is 4. The summed E-state index contributed by atoms with van der Waals surface area (Å²) < 4.78 is 17.0. The molecule has 2 heterocycles. The molecular formula is C29H42O9. The topological polar surface area (TPSA) is 143 Å². The van der Waals surface area contributed by atoms with Gasteiger partial charge in [-0.2, -0.15) is 0 Å². The predicted octanol–water partition coefficient (Wildman–Crippen LogP) is 1.64. The highest BCUT2D eigenvalue weighted by atomic mass is 16.7. The number of hydrogen-bond acceptors (Lipinski definition) is 9. The van der Waals surface area contributed by atoms with Crippen molar-refractivity contribution in [2.45, 2.75) is 114 Å². The molecule has 0 aromatic rings. The Bertz CT molecular complexity index is 999. The fourth-order valence-electron chi connectivity index (χ4n) is 9.73. The van der Waals surface area contributed by atoms with Gasteiger partial charge in [-0.25, -0.2) is 4.79 Å². The van der Waals surface area contributed by atoms with E-state index >= 15 is 0 Å². The average molecular weight is 535 g/mol. The zero-order valence-electron chi connectivity index (χ0n) is 22.3. The molecule has 4 aliphatic carbocycles. The molecule has 0 unspecified atom stereocenters. The van der Waals surface area contributed by atoms with Gasteiger partial charge < -0.3 is 39.4 Å². The molecule has 5 fully saturated rings. The zero-order valence-corrected chi connectivity index (χ0v) is 22.3. The van der Waals surface area contributed by atoms with Crippen molar-refractivity contribution in [2.75, 3.05) is 6.61 Å². The Morgan fingerprint density at radius 2 is 1.79 bits per heavy atom. The van der Waals surface area contributed by atoms with E-state index < -0.39 is 41.7 Å². The first-order chi connectivity index (χ1) is 18.0. The molecule has 0 amide bonds. The second-order valence-electron chi connectivity index (χ2n) is 13.2. The lowest BCUT2D eigenvalue weighted by Gasteiger charge is -2.63. The van der Waals surface area contributed by atoms with Crippen molar-refractivity contribution < 1.29 is 44.2 Å². The summed E-state index contributed by atoms with van der Waals surface area (Å²) in [5, 5.41) is 42.9. The number of ether oxygens (including phenoxy) is 3. The highest BCUT2D eigenvalue weighted by molar-refractivity contribution is 5.85. The van der Waals surface area contributed by atoms with Gasteiger partial charge in [0.05, 0.1) is 17.8 Å². The molecule has 6 aliphatic rings. The molecule has 0 radical (unpaired) electrons. The van der Waals surface area contributed by atoms with E-state index in [2.05, 4.69) is 6.92 Å². The van der Waals surface area contributed by atoms with Gasteiger partial charge in [0.25, 0.3) is 0 Å². The molecule has 6 rings (SSSR count). The number of carbonyl (C=O) groups excluding carboxylic acids is 2. The van der Waals surface area contributed by atoms with Crippen LogP contribution in [0.25, 0.3) is 0 Å². The van der Waals surface area contributed by atoms with Crippen LogP contribution in [0.15, 0.2) is 11.6 Å². The van der Waals surface area contributed by atoms with Gasteiger partial charge in [0.15, 0.2) is 6.29 Å². The summed E-state index contributed by atoms with van der Waals surface area (Å²) in [4.78, 5) is 24.7. The molecule has 212 valence electrons. The van der Waals surface area contributed by atoms with Crippen molar-refractivity contribution in [3.8, 4) is 0 Å². The van der Waals surface area contributed by atoms with Gasteiger partial charge in [0.2, 0.25) is 0 Å². The van der Waals surface area contributed by atoms with Crippen LogP contribution in [0.1, 0.15) is 71.6 Å². The molecule has 2 aliphatic heterocycles. The number of aliphatic hydroxyl groups excluding tert-OH is 3. The van der Waals surface area contributed by atoms with Crippen LogP contribution in [0, 0.1) is 34.5 Å². The molecule has 0 spiro atoms. The standard InChI is InChI=1S/C29H42O9/c1-15-23(32)24(33)25(34)26(37-15)38-18-5-9-28(14-30)17(12-18)3-4-21-20(28)6-8-27(2)19(7-10-29(21,27)35)16-11-22(31)36-13-16/h11,14-15,17-21,23-26,32-35H,3-10,12-13H2,1-2H3/t15-,17+,18-,19+,20-,21+,23-,24+,25+,26-,27+,28-,29-/m0/s1. The van der Waals surface area contributed by atoms with Gasteiger partial charge in [-0.3, -0.25) is 0 Å². The molecule has 4 N–H and O–H groups in total. The van der Waals surface area contributed by atoms with Crippen molar-refractivity contribution in [3.63, 3.8) is 0 Å². The number of aldehydes is 1. The van der Waals surface area contributed by atoms with E-state index in [1.165, 1.54) is 6.29 Å². The summed E-state index contributed by atoms with van der Waals surface area (Å²) >= 11 is 0. The fraction of sp³-hybridized carbons (Fsp3) is 0.862. The number of rotatable bonds is 4. The van der Waals surface area contributed by atoms with Gasteiger partial charge in [-0.05, 0) is 94.0 Å². The first-order valence-electron chi connectivity index (χ1n) is 14.4. The Morgan fingerprint density at radius 1 is 1.00 bits per heavy atom. The van der Waals surface area contributed by atoms with Gasteiger partial charge >= 0.3 is 5.97 Å². The summed E-state index contributed by atoms with van der Waals surface area (Å²) in [5.74, 6) is 0.0678. The Kier molecular flexibility index (Phi) is 6.60. The number of esters is 1. The first kappa shape index (κ1) is 26.8. The summed E-state index contributed by atoms with van der Waals surface area (Å²) in [7, 11) is 0. The normalized spacial score (nSPS) is 54.4. The van der Waals surface area contributed by atoms with Crippen LogP contribution in [-0.2, 0) is 23.8 Å². The smallest absolute Gasteiger partial charge is 0.331 e. The molecule has 13 atom stereocenters. The minimum Gasteiger partial charge on any atom is -0.458 e. The maximum Gasteiger partial charge on any atom is 0.331 e. The van der Waals surface area contributed by atoms with E-state index in [1.807, 2.05) is 0 Å². The van der Waals surface area contributed by atoms with Gasteiger partial charge in [-0.15, -0.1) is 0 Å². The van der Waals surface area contributed by atoms with Gasteiger partial charge in [0, 0.05) is 16.9 Å². The molecule has 38 heavy (non-hydrogen) atoms. The lowest BCUT2D eigenvalue weighted by atomic mass is 9.43. The lowest BCUT2D eigenvalue weighted by Crippen LogP contribution is -2.63. The summed E-state index contributed by atoms with van der Waals surface area (Å²) in [6.45, 7) is 4.13. The van der Waals surface area contributed by atoms with Crippen LogP contribution in [0.4, 0.5) is 0 Å². The van der Waals surface area contributed by atoms with Crippen molar-refractivity contribution in [2.24, 2.45) is 34.5 Å². The molecule has 1 saturated heterocycles. The number of cyclic esters (lactones) is 1. The van der Waals surface area contributed by atoms with Gasteiger partial charge in [-0.1, -0.05) is 6.92 Å². The van der Waals surface area contributed by atoms with Crippen LogP contribution in [0.3, 0.4) is 0 Å². The van der Waals surface area contributed by atoms with Gasteiger partial charge in [0.1, 0.15) is 31.2 Å². The number of fused-ring (bicyclic) bond motifs is 5. The zero-order chi connectivity index (χ0) is 27.0. The lowest BCUT2D eigenvalue weighted by molar-refractivity contribution is -0.309. The fourth-order valence-corrected chi connectivity index (χ4v) is 9.73.